The van der Waals surface area contributed by atoms with Crippen LogP contribution in [-0.4, -0.2) is 30.6 Å². The number of anilines is 1. The molecule has 0 aliphatic heterocycles. The largest absolute Gasteiger partial charge is 0.505 e. The second-order valence-corrected chi connectivity index (χ2v) is 10.3. The molecule has 196 valence electrons. The maximum Gasteiger partial charge on any atom is 0.294 e. The number of hydrogen-bond acceptors (Lipinski definition) is 7. The van der Waals surface area contributed by atoms with Gasteiger partial charge in [0.05, 0.1) is 32.8 Å². The Labute approximate surface area is 228 Å². The molecular formula is C26H21Cl2N3O6S. The number of amides is 1. The molecule has 0 saturated carbocycles. The highest BCUT2D eigenvalue weighted by Gasteiger charge is 2.21. The summed E-state index contributed by atoms with van der Waals surface area (Å²) in [5.74, 6) is -0.782. The highest BCUT2D eigenvalue weighted by Crippen LogP contribution is 2.41. The molecule has 12 heteroatoms. The predicted octanol–water partition coefficient (Wildman–Crippen LogP) is 7.47. The van der Waals surface area contributed by atoms with Crippen molar-refractivity contribution in [2.45, 2.75) is 18.7 Å². The number of rotatable bonds is 7. The van der Waals surface area contributed by atoms with Gasteiger partial charge in [-0.1, -0.05) is 53.5 Å². The van der Waals surface area contributed by atoms with Gasteiger partial charge in [0.15, 0.2) is 11.5 Å². The Balaban J connectivity index is 1.79. The zero-order valence-electron chi connectivity index (χ0n) is 20.1. The number of azo groups is 1. The number of nitrogens with one attached hydrogen (secondary N) is 1. The molecule has 3 N–H and O–H groups in total. The first-order valence-corrected chi connectivity index (χ1v) is 13.4. The summed E-state index contributed by atoms with van der Waals surface area (Å²) < 4.78 is 38.0. The molecular weight excluding hydrogens is 553 g/mol. The summed E-state index contributed by atoms with van der Waals surface area (Å²) in [6.45, 7) is 3.57. The van der Waals surface area contributed by atoms with Crippen molar-refractivity contribution >= 4 is 67.1 Å². The average Bonchev–Trinajstić information content (AvgIpc) is 2.86. The van der Waals surface area contributed by atoms with Gasteiger partial charge in [0.1, 0.15) is 11.4 Å². The molecule has 0 aromatic heterocycles. The van der Waals surface area contributed by atoms with Crippen molar-refractivity contribution < 1.29 is 27.6 Å². The van der Waals surface area contributed by atoms with E-state index in [1.54, 1.807) is 49.4 Å². The lowest BCUT2D eigenvalue weighted by Gasteiger charge is -2.14. The van der Waals surface area contributed by atoms with E-state index < -0.39 is 21.8 Å². The van der Waals surface area contributed by atoms with Crippen LogP contribution in [0.25, 0.3) is 10.8 Å². The number of para-hydroxylation sites is 1. The Morgan fingerprint density at radius 2 is 1.76 bits per heavy atom. The van der Waals surface area contributed by atoms with Crippen LogP contribution in [0, 0.1) is 6.92 Å². The van der Waals surface area contributed by atoms with Crippen LogP contribution in [0.4, 0.5) is 17.1 Å². The fraction of sp³-hybridized carbons (Fsp3) is 0.115. The molecule has 0 heterocycles. The van der Waals surface area contributed by atoms with Crippen molar-refractivity contribution in [3.05, 3.63) is 81.8 Å². The van der Waals surface area contributed by atoms with E-state index >= 15 is 0 Å². The van der Waals surface area contributed by atoms with E-state index in [1.807, 2.05) is 0 Å². The third-order valence-corrected chi connectivity index (χ3v) is 7.12. The van der Waals surface area contributed by atoms with Gasteiger partial charge in [0, 0.05) is 5.39 Å². The van der Waals surface area contributed by atoms with Crippen LogP contribution in [0.15, 0.2) is 75.8 Å². The number of aryl methyl sites for hydroxylation is 1. The van der Waals surface area contributed by atoms with Crippen LogP contribution in [0.1, 0.15) is 22.8 Å². The van der Waals surface area contributed by atoms with Gasteiger partial charge >= 0.3 is 0 Å². The Morgan fingerprint density at radius 1 is 1.03 bits per heavy atom. The number of hydrogen-bond donors (Lipinski definition) is 3. The maximum absolute atomic E-state index is 13.3. The van der Waals surface area contributed by atoms with Gasteiger partial charge < -0.3 is 15.2 Å². The Kier molecular flexibility index (Phi) is 7.89. The quantitative estimate of drug-likeness (QED) is 0.155. The van der Waals surface area contributed by atoms with E-state index in [2.05, 4.69) is 15.5 Å². The van der Waals surface area contributed by atoms with E-state index in [0.717, 1.165) is 6.07 Å². The molecule has 0 unspecified atom stereocenters. The monoisotopic (exact) mass is 573 g/mol. The van der Waals surface area contributed by atoms with E-state index in [0.29, 0.717) is 33.8 Å². The number of benzene rings is 4. The summed E-state index contributed by atoms with van der Waals surface area (Å²) >= 11 is 12.4. The van der Waals surface area contributed by atoms with Gasteiger partial charge in [-0.25, -0.2) is 0 Å². The first-order valence-electron chi connectivity index (χ1n) is 11.2. The Hall–Kier alpha value is -3.70. The number of fused-ring (bicyclic) bond motifs is 1. The molecule has 0 spiro atoms. The smallest absolute Gasteiger partial charge is 0.294 e. The first-order chi connectivity index (χ1) is 18.0. The van der Waals surface area contributed by atoms with Gasteiger partial charge in [-0.15, -0.1) is 10.2 Å². The molecule has 0 atom stereocenters. The van der Waals surface area contributed by atoms with Gasteiger partial charge in [-0.05, 0) is 55.1 Å². The SMILES string of the molecule is CCOc1c(Cl)cccc1NC(=O)c1cc2ccccc2c(N=Nc2cc(C)c(S(=O)(=O)O)cc2Cl)c1O. The van der Waals surface area contributed by atoms with E-state index in [9.17, 15) is 22.9 Å². The van der Waals surface area contributed by atoms with Crippen LogP contribution < -0.4 is 10.1 Å². The van der Waals surface area contributed by atoms with Crippen LogP contribution in [-0.2, 0) is 10.1 Å². The summed E-state index contributed by atoms with van der Waals surface area (Å²) in [7, 11) is -4.48. The lowest BCUT2D eigenvalue weighted by molar-refractivity contribution is 0.102. The lowest BCUT2D eigenvalue weighted by Crippen LogP contribution is -2.13. The number of phenols is 1. The number of aromatic hydroxyl groups is 1. The number of carbonyl (C=O) groups excluding carboxylic acids is 1. The predicted molar refractivity (Wildman–Crippen MR) is 146 cm³/mol. The molecule has 4 aromatic rings. The second kappa shape index (κ2) is 11.0. The molecule has 9 nitrogen and oxygen atoms in total. The van der Waals surface area contributed by atoms with Crippen LogP contribution in [0.5, 0.6) is 11.5 Å². The minimum atomic E-state index is -4.48. The highest BCUT2D eigenvalue weighted by atomic mass is 35.5. The Bertz CT molecular complexity index is 1710. The van der Waals surface area contributed by atoms with Crippen molar-refractivity contribution in [2.75, 3.05) is 11.9 Å². The van der Waals surface area contributed by atoms with Crippen molar-refractivity contribution in [3.8, 4) is 11.5 Å². The summed E-state index contributed by atoms with van der Waals surface area (Å²) in [6.07, 6.45) is 0. The molecule has 0 aliphatic rings. The third-order valence-electron chi connectivity index (χ3n) is 5.52. The maximum atomic E-state index is 13.3. The molecule has 1 amide bonds. The second-order valence-electron chi connectivity index (χ2n) is 8.09. The van der Waals surface area contributed by atoms with E-state index in [4.69, 9.17) is 27.9 Å². The fourth-order valence-electron chi connectivity index (χ4n) is 3.79. The molecule has 0 bridgehead atoms. The first kappa shape index (κ1) is 27.3. The molecule has 0 aliphatic carbocycles. The van der Waals surface area contributed by atoms with E-state index in [1.165, 1.54) is 19.1 Å². The molecule has 38 heavy (non-hydrogen) atoms. The fourth-order valence-corrected chi connectivity index (χ4v) is 5.01. The standard InChI is InChI=1S/C26H21Cl2N3O6S/c1-3-37-25-18(27)9-6-10-20(25)29-26(33)17-12-15-7-4-5-8-16(15)23(24(17)32)31-30-21-11-14(2)22(13-19(21)28)38(34,35)36/h4-13,32H,3H2,1-2H3,(H,29,33)(H,34,35,36). The molecule has 0 radical (unpaired) electrons. The zero-order chi connectivity index (χ0) is 27.6. The van der Waals surface area contributed by atoms with Crippen molar-refractivity contribution in [2.24, 2.45) is 10.2 Å². The minimum Gasteiger partial charge on any atom is -0.505 e. The van der Waals surface area contributed by atoms with Gasteiger partial charge in [-0.3, -0.25) is 9.35 Å². The van der Waals surface area contributed by atoms with Gasteiger partial charge in [0.2, 0.25) is 0 Å². The molecule has 0 fully saturated rings. The topological polar surface area (TPSA) is 138 Å². The van der Waals surface area contributed by atoms with Crippen LogP contribution >= 0.6 is 23.2 Å². The zero-order valence-corrected chi connectivity index (χ0v) is 22.4. The number of carbonyl (C=O) groups is 1. The van der Waals surface area contributed by atoms with Gasteiger partial charge in [0.25, 0.3) is 16.0 Å². The normalized spacial score (nSPS) is 11.7. The summed E-state index contributed by atoms with van der Waals surface area (Å²) in [5.41, 5.74) is 0.525. The van der Waals surface area contributed by atoms with Crippen molar-refractivity contribution in [3.63, 3.8) is 0 Å². The molecule has 4 rings (SSSR count). The molecule has 0 saturated heterocycles. The summed E-state index contributed by atoms with van der Waals surface area (Å²) in [6, 6.07) is 15.7. The number of phenolic OH excluding ortho intramolecular Hbond substituents is 1. The average molecular weight is 574 g/mol. The minimum absolute atomic E-state index is 0.00282. The van der Waals surface area contributed by atoms with Crippen molar-refractivity contribution in [1.29, 1.82) is 0 Å². The molecule has 4 aromatic carbocycles. The summed E-state index contributed by atoms with van der Waals surface area (Å²) in [4.78, 5) is 12.9. The number of ether oxygens (including phenoxy) is 1. The van der Waals surface area contributed by atoms with Crippen molar-refractivity contribution in [1.82, 2.24) is 0 Å². The van der Waals surface area contributed by atoms with Crippen LogP contribution in [0.3, 0.4) is 0 Å². The number of nitrogens with zero attached hydrogens (tertiary/aromatic N) is 2. The Morgan fingerprint density at radius 3 is 2.47 bits per heavy atom. The van der Waals surface area contributed by atoms with E-state index in [-0.39, 0.29) is 32.4 Å². The van der Waals surface area contributed by atoms with Crippen LogP contribution in [0.2, 0.25) is 10.0 Å². The third kappa shape index (κ3) is 5.58. The number of halogens is 2. The lowest BCUT2D eigenvalue weighted by atomic mass is 10.0. The summed E-state index contributed by atoms with van der Waals surface area (Å²) in [5, 5.41) is 23.4. The van der Waals surface area contributed by atoms with Gasteiger partial charge in [-0.2, -0.15) is 8.42 Å². The highest BCUT2D eigenvalue weighted by molar-refractivity contribution is 7.85.